The molecule has 0 spiro atoms. The van der Waals surface area contributed by atoms with Crippen LogP contribution in [0.5, 0.6) is 0 Å². The summed E-state index contributed by atoms with van der Waals surface area (Å²) in [6, 6.07) is 4.03. The van der Waals surface area contributed by atoms with E-state index in [1.165, 1.54) is 9.78 Å². The van der Waals surface area contributed by atoms with Crippen LogP contribution < -0.4 is 5.32 Å². The fourth-order valence-corrected chi connectivity index (χ4v) is 4.24. The number of amides is 3. The molecule has 1 aromatic heterocycles. The third-order valence-corrected chi connectivity index (χ3v) is 5.70. The molecule has 3 amide bonds. The molecule has 1 saturated carbocycles. The number of carbonyl (C=O) groups is 3. The van der Waals surface area contributed by atoms with Crippen LogP contribution in [0.2, 0.25) is 0 Å². The van der Waals surface area contributed by atoms with Crippen LogP contribution in [0.1, 0.15) is 37.0 Å². The standard InChI is InChI=1S/C17H22N2O3S/c20-15(18-9-7-12-4-3-11-23-12)8-10-19-16(21)13-5-1-2-6-14(13)17(19)22/h3-4,11,13-14H,1-2,5-10H2,(H,18,20). The summed E-state index contributed by atoms with van der Waals surface area (Å²) in [6.07, 6.45) is 4.70. The summed E-state index contributed by atoms with van der Waals surface area (Å²) < 4.78 is 0. The number of carbonyl (C=O) groups excluding carboxylic acids is 3. The predicted octanol–water partition coefficient (Wildman–Crippen LogP) is 1.97. The van der Waals surface area contributed by atoms with Crippen molar-refractivity contribution >= 4 is 29.1 Å². The largest absolute Gasteiger partial charge is 0.356 e. The van der Waals surface area contributed by atoms with Crippen molar-refractivity contribution in [1.82, 2.24) is 10.2 Å². The van der Waals surface area contributed by atoms with E-state index in [0.717, 1.165) is 32.1 Å². The van der Waals surface area contributed by atoms with Crippen LogP contribution in [0.4, 0.5) is 0 Å². The Morgan fingerprint density at radius 2 is 1.91 bits per heavy atom. The molecular weight excluding hydrogens is 312 g/mol. The highest BCUT2D eigenvalue weighted by molar-refractivity contribution is 7.09. The minimum Gasteiger partial charge on any atom is -0.356 e. The topological polar surface area (TPSA) is 66.5 Å². The molecule has 23 heavy (non-hydrogen) atoms. The Morgan fingerprint density at radius 1 is 1.22 bits per heavy atom. The summed E-state index contributed by atoms with van der Waals surface area (Å²) in [5.41, 5.74) is 0. The molecule has 1 aliphatic carbocycles. The smallest absolute Gasteiger partial charge is 0.233 e. The molecule has 1 aliphatic heterocycles. The lowest BCUT2D eigenvalue weighted by atomic mass is 9.81. The van der Waals surface area contributed by atoms with Crippen LogP contribution in [0.3, 0.4) is 0 Å². The third kappa shape index (κ3) is 3.63. The van der Waals surface area contributed by atoms with Gasteiger partial charge in [0, 0.05) is 24.4 Å². The summed E-state index contributed by atoms with van der Waals surface area (Å²) in [4.78, 5) is 39.1. The maximum atomic E-state index is 12.3. The molecule has 0 radical (unpaired) electrons. The molecule has 0 aromatic carbocycles. The van der Waals surface area contributed by atoms with E-state index >= 15 is 0 Å². The Balaban J connectivity index is 1.43. The first-order valence-electron chi connectivity index (χ1n) is 8.31. The van der Waals surface area contributed by atoms with Gasteiger partial charge in [-0.1, -0.05) is 18.9 Å². The monoisotopic (exact) mass is 334 g/mol. The first-order chi connectivity index (χ1) is 11.2. The highest BCUT2D eigenvalue weighted by Gasteiger charge is 2.47. The lowest BCUT2D eigenvalue weighted by molar-refractivity contribution is -0.140. The number of nitrogens with one attached hydrogen (secondary N) is 1. The average molecular weight is 334 g/mol. The molecular formula is C17H22N2O3S. The van der Waals surface area contributed by atoms with E-state index in [0.29, 0.717) is 6.54 Å². The zero-order valence-corrected chi connectivity index (χ0v) is 13.9. The number of nitrogens with zero attached hydrogens (tertiary/aromatic N) is 1. The van der Waals surface area contributed by atoms with Crippen LogP contribution in [-0.2, 0) is 20.8 Å². The first kappa shape index (κ1) is 16.2. The summed E-state index contributed by atoms with van der Waals surface area (Å²) in [6.45, 7) is 0.808. The van der Waals surface area contributed by atoms with Crippen LogP contribution in [0.15, 0.2) is 17.5 Å². The molecule has 1 saturated heterocycles. The van der Waals surface area contributed by atoms with Gasteiger partial charge in [-0.05, 0) is 30.7 Å². The second kappa shape index (κ2) is 7.25. The third-order valence-electron chi connectivity index (χ3n) is 4.77. The fourth-order valence-electron chi connectivity index (χ4n) is 3.53. The Labute approximate surface area is 140 Å². The highest BCUT2D eigenvalue weighted by Crippen LogP contribution is 2.37. The highest BCUT2D eigenvalue weighted by atomic mass is 32.1. The molecule has 2 unspecified atom stereocenters. The zero-order chi connectivity index (χ0) is 16.2. The molecule has 6 heteroatoms. The Kier molecular flexibility index (Phi) is 5.10. The van der Waals surface area contributed by atoms with Gasteiger partial charge in [0.2, 0.25) is 17.7 Å². The normalized spacial score (nSPS) is 23.9. The van der Waals surface area contributed by atoms with E-state index in [1.807, 2.05) is 17.5 Å². The van der Waals surface area contributed by atoms with Crippen molar-refractivity contribution in [3.8, 4) is 0 Å². The number of rotatable bonds is 6. The summed E-state index contributed by atoms with van der Waals surface area (Å²) in [5, 5.41) is 4.87. The Morgan fingerprint density at radius 3 is 2.52 bits per heavy atom. The van der Waals surface area contributed by atoms with Crippen LogP contribution in [0.25, 0.3) is 0 Å². The van der Waals surface area contributed by atoms with Crippen LogP contribution in [0, 0.1) is 11.8 Å². The van der Waals surface area contributed by atoms with Crippen molar-refractivity contribution < 1.29 is 14.4 Å². The lowest BCUT2D eigenvalue weighted by Crippen LogP contribution is -2.35. The quantitative estimate of drug-likeness (QED) is 0.809. The van der Waals surface area contributed by atoms with E-state index in [4.69, 9.17) is 0 Å². The van der Waals surface area contributed by atoms with E-state index < -0.39 is 0 Å². The number of hydrogen-bond acceptors (Lipinski definition) is 4. The number of hydrogen-bond donors (Lipinski definition) is 1. The average Bonchev–Trinajstić information content (AvgIpc) is 3.15. The van der Waals surface area contributed by atoms with Gasteiger partial charge >= 0.3 is 0 Å². The Bertz CT molecular complexity index is 561. The van der Waals surface area contributed by atoms with Gasteiger partial charge in [0.1, 0.15) is 0 Å². The van der Waals surface area contributed by atoms with Crippen LogP contribution in [-0.4, -0.2) is 35.7 Å². The van der Waals surface area contributed by atoms with Gasteiger partial charge in [0.25, 0.3) is 0 Å². The van der Waals surface area contributed by atoms with E-state index in [9.17, 15) is 14.4 Å². The minimum atomic E-state index is -0.127. The number of imide groups is 1. The van der Waals surface area contributed by atoms with Crippen molar-refractivity contribution in [2.75, 3.05) is 13.1 Å². The minimum absolute atomic E-state index is 0.0638. The molecule has 0 bridgehead atoms. The molecule has 2 aliphatic rings. The van der Waals surface area contributed by atoms with Crippen molar-refractivity contribution in [1.29, 1.82) is 0 Å². The van der Waals surface area contributed by atoms with Gasteiger partial charge in [-0.3, -0.25) is 19.3 Å². The van der Waals surface area contributed by atoms with Gasteiger partial charge in [-0.15, -0.1) is 11.3 Å². The van der Waals surface area contributed by atoms with E-state index in [-0.39, 0.29) is 42.5 Å². The van der Waals surface area contributed by atoms with Crippen molar-refractivity contribution in [2.45, 2.75) is 38.5 Å². The molecule has 5 nitrogen and oxygen atoms in total. The SMILES string of the molecule is O=C(CCN1C(=O)C2CCCCC2C1=O)NCCc1cccs1. The summed E-state index contributed by atoms with van der Waals surface area (Å²) in [7, 11) is 0. The first-order valence-corrected chi connectivity index (χ1v) is 9.19. The van der Waals surface area contributed by atoms with Gasteiger partial charge in [0.05, 0.1) is 11.8 Å². The van der Waals surface area contributed by atoms with Gasteiger partial charge in [-0.2, -0.15) is 0 Å². The van der Waals surface area contributed by atoms with Gasteiger partial charge in [0.15, 0.2) is 0 Å². The van der Waals surface area contributed by atoms with Crippen molar-refractivity contribution in [2.24, 2.45) is 11.8 Å². The number of thiophene rings is 1. The van der Waals surface area contributed by atoms with Crippen molar-refractivity contribution in [3.63, 3.8) is 0 Å². The zero-order valence-electron chi connectivity index (χ0n) is 13.1. The van der Waals surface area contributed by atoms with Crippen molar-refractivity contribution in [3.05, 3.63) is 22.4 Å². The maximum Gasteiger partial charge on any atom is 0.233 e. The van der Waals surface area contributed by atoms with E-state index in [1.54, 1.807) is 11.3 Å². The molecule has 3 rings (SSSR count). The maximum absolute atomic E-state index is 12.3. The van der Waals surface area contributed by atoms with Gasteiger partial charge < -0.3 is 5.32 Å². The second-order valence-electron chi connectivity index (χ2n) is 6.25. The predicted molar refractivity (Wildman–Crippen MR) is 87.8 cm³/mol. The van der Waals surface area contributed by atoms with Crippen LogP contribution >= 0.6 is 11.3 Å². The molecule has 2 atom stereocenters. The lowest BCUT2D eigenvalue weighted by Gasteiger charge is -2.19. The number of likely N-dealkylation sites (tertiary alicyclic amines) is 1. The summed E-state index contributed by atoms with van der Waals surface area (Å²) in [5.74, 6) is -0.481. The molecule has 1 N–H and O–H groups in total. The fraction of sp³-hybridized carbons (Fsp3) is 0.588. The Hall–Kier alpha value is -1.69. The summed E-state index contributed by atoms with van der Waals surface area (Å²) >= 11 is 1.67. The molecule has 1 aromatic rings. The molecule has 2 fully saturated rings. The molecule has 2 heterocycles. The number of fused-ring (bicyclic) bond motifs is 1. The second-order valence-corrected chi connectivity index (χ2v) is 7.29. The van der Waals surface area contributed by atoms with E-state index in [2.05, 4.69) is 5.32 Å². The molecule has 124 valence electrons. The van der Waals surface area contributed by atoms with Gasteiger partial charge in [-0.25, -0.2) is 0 Å².